The first-order chi connectivity index (χ1) is 20.4. The zero-order chi connectivity index (χ0) is 29.2. The molecule has 214 valence electrons. The molecule has 2 aromatic carbocycles. The molecule has 2 aliphatic rings. The van der Waals surface area contributed by atoms with Crippen LogP contribution in [0.2, 0.25) is 0 Å². The lowest BCUT2D eigenvalue weighted by atomic mass is 10.0. The lowest BCUT2D eigenvalue weighted by Gasteiger charge is -2.27. The Bertz CT molecular complexity index is 1710. The van der Waals surface area contributed by atoms with E-state index in [2.05, 4.69) is 20.7 Å². The fourth-order valence-corrected chi connectivity index (χ4v) is 5.50. The molecule has 0 aliphatic carbocycles. The summed E-state index contributed by atoms with van der Waals surface area (Å²) in [7, 11) is 0. The SMILES string of the molecule is Cc1cccc2ncc(-c3cnn(CCCCCCNc4ccc5c(c4)C(=O)N(C4CCC(=O)NC4=O)C5=O)c3)nc12. The minimum atomic E-state index is -0.962. The third-order valence-corrected chi connectivity index (χ3v) is 7.79. The number of para-hydroxylation sites is 1. The molecule has 1 fully saturated rings. The molecule has 0 spiro atoms. The van der Waals surface area contributed by atoms with Crippen LogP contribution < -0.4 is 10.6 Å². The van der Waals surface area contributed by atoms with Gasteiger partial charge in [-0.2, -0.15) is 5.10 Å². The van der Waals surface area contributed by atoms with E-state index < -0.39 is 29.7 Å². The maximum Gasteiger partial charge on any atom is 0.262 e. The Morgan fingerprint density at radius 2 is 1.81 bits per heavy atom. The van der Waals surface area contributed by atoms with Crippen LogP contribution in [0.25, 0.3) is 22.3 Å². The third-order valence-electron chi connectivity index (χ3n) is 7.79. The van der Waals surface area contributed by atoms with Crippen molar-refractivity contribution in [3.05, 3.63) is 71.7 Å². The van der Waals surface area contributed by atoms with Crippen molar-refractivity contribution in [3.63, 3.8) is 0 Å². The lowest BCUT2D eigenvalue weighted by molar-refractivity contribution is -0.136. The largest absolute Gasteiger partial charge is 0.385 e. The first-order valence-electron chi connectivity index (χ1n) is 14.2. The molecule has 4 amide bonds. The maximum absolute atomic E-state index is 13.0. The number of carbonyl (C=O) groups excluding carboxylic acids is 4. The van der Waals surface area contributed by atoms with E-state index in [1.54, 1.807) is 24.4 Å². The number of rotatable bonds is 10. The number of benzene rings is 2. The van der Waals surface area contributed by atoms with Crippen LogP contribution in [0.4, 0.5) is 5.69 Å². The number of imide groups is 2. The Labute approximate surface area is 242 Å². The molecule has 1 saturated heterocycles. The molecule has 2 N–H and O–H groups in total. The van der Waals surface area contributed by atoms with Crippen LogP contribution in [0.3, 0.4) is 0 Å². The van der Waals surface area contributed by atoms with Gasteiger partial charge in [-0.1, -0.05) is 25.0 Å². The molecule has 0 radical (unpaired) electrons. The van der Waals surface area contributed by atoms with Gasteiger partial charge in [0.25, 0.3) is 11.8 Å². The lowest BCUT2D eigenvalue weighted by Crippen LogP contribution is -2.54. The summed E-state index contributed by atoms with van der Waals surface area (Å²) in [5.74, 6) is -2.00. The minimum absolute atomic E-state index is 0.0971. The molecule has 1 atom stereocenters. The van der Waals surface area contributed by atoms with Crippen LogP contribution in [0.1, 0.15) is 64.8 Å². The molecule has 2 aliphatic heterocycles. The minimum Gasteiger partial charge on any atom is -0.385 e. The van der Waals surface area contributed by atoms with Gasteiger partial charge in [0.1, 0.15) is 6.04 Å². The number of hydrogen-bond donors (Lipinski definition) is 2. The highest BCUT2D eigenvalue weighted by Crippen LogP contribution is 2.29. The van der Waals surface area contributed by atoms with Crippen LogP contribution in [-0.2, 0) is 16.1 Å². The molecule has 0 bridgehead atoms. The normalized spacial score (nSPS) is 16.7. The van der Waals surface area contributed by atoms with Gasteiger partial charge in [0.2, 0.25) is 11.8 Å². The van der Waals surface area contributed by atoms with E-state index in [1.807, 2.05) is 42.2 Å². The highest BCUT2D eigenvalue weighted by Gasteiger charge is 2.44. The van der Waals surface area contributed by atoms with Gasteiger partial charge in [-0.15, -0.1) is 0 Å². The summed E-state index contributed by atoms with van der Waals surface area (Å²) >= 11 is 0. The number of carbonyl (C=O) groups is 4. The second kappa shape index (κ2) is 11.5. The zero-order valence-corrected chi connectivity index (χ0v) is 23.3. The van der Waals surface area contributed by atoms with E-state index in [4.69, 9.17) is 4.98 Å². The zero-order valence-electron chi connectivity index (χ0n) is 23.3. The number of nitrogens with one attached hydrogen (secondary N) is 2. The van der Waals surface area contributed by atoms with E-state index >= 15 is 0 Å². The number of aryl methyl sites for hydroxylation is 2. The Morgan fingerprint density at radius 3 is 2.67 bits per heavy atom. The molecule has 4 aromatic rings. The predicted molar refractivity (Wildman–Crippen MR) is 156 cm³/mol. The number of anilines is 1. The molecule has 4 heterocycles. The molecule has 11 heteroatoms. The van der Waals surface area contributed by atoms with Crippen molar-refractivity contribution in [2.45, 2.75) is 58.0 Å². The van der Waals surface area contributed by atoms with Crippen LogP contribution >= 0.6 is 0 Å². The molecular weight excluding hydrogens is 534 g/mol. The van der Waals surface area contributed by atoms with Crippen LogP contribution in [0, 0.1) is 6.92 Å². The summed E-state index contributed by atoms with van der Waals surface area (Å²) in [6, 6.07) is 10.1. The van der Waals surface area contributed by atoms with Crippen molar-refractivity contribution in [3.8, 4) is 11.3 Å². The van der Waals surface area contributed by atoms with Gasteiger partial charge in [-0.05, 0) is 56.0 Å². The Kier molecular flexibility index (Phi) is 7.47. The number of piperidine rings is 1. The van der Waals surface area contributed by atoms with Crippen LogP contribution in [-0.4, -0.2) is 60.9 Å². The van der Waals surface area contributed by atoms with Gasteiger partial charge >= 0.3 is 0 Å². The number of hydrogen-bond acceptors (Lipinski definition) is 8. The Hall–Kier alpha value is -4.93. The molecule has 0 saturated carbocycles. The van der Waals surface area contributed by atoms with Gasteiger partial charge in [0, 0.05) is 37.0 Å². The van der Waals surface area contributed by atoms with Gasteiger partial charge in [0.15, 0.2) is 0 Å². The standard InChI is InChI=1S/C31H31N7O4/c1-19-7-6-8-24-28(19)35-25(17-33-24)20-16-34-37(18-20)14-5-3-2-4-13-32-21-9-10-22-23(15-21)31(42)38(30(22)41)26-11-12-27(39)36-29(26)40/h6-10,15-18,26,32H,2-5,11-14H2,1H3,(H,36,39,40). The topological polar surface area (TPSA) is 139 Å². The monoisotopic (exact) mass is 565 g/mol. The molecule has 42 heavy (non-hydrogen) atoms. The van der Waals surface area contributed by atoms with Crippen molar-refractivity contribution in [2.75, 3.05) is 11.9 Å². The fourth-order valence-electron chi connectivity index (χ4n) is 5.50. The number of fused-ring (bicyclic) bond motifs is 2. The van der Waals surface area contributed by atoms with Gasteiger partial charge in [-0.25, -0.2) is 4.98 Å². The average Bonchev–Trinajstić information content (AvgIpc) is 3.55. The predicted octanol–water partition coefficient (Wildman–Crippen LogP) is 3.88. The van der Waals surface area contributed by atoms with E-state index in [9.17, 15) is 19.2 Å². The molecule has 11 nitrogen and oxygen atoms in total. The Balaban J connectivity index is 0.949. The average molecular weight is 566 g/mol. The van der Waals surface area contributed by atoms with Crippen molar-refractivity contribution in [1.82, 2.24) is 30.0 Å². The summed E-state index contributed by atoms with van der Waals surface area (Å²) < 4.78 is 1.94. The van der Waals surface area contributed by atoms with Crippen molar-refractivity contribution >= 4 is 40.3 Å². The van der Waals surface area contributed by atoms with E-state index in [0.29, 0.717) is 0 Å². The van der Waals surface area contributed by atoms with E-state index in [0.717, 1.165) is 77.2 Å². The van der Waals surface area contributed by atoms with Crippen molar-refractivity contribution in [1.29, 1.82) is 0 Å². The molecule has 6 rings (SSSR count). The summed E-state index contributed by atoms with van der Waals surface area (Å²) in [5.41, 5.74) is 5.96. The number of unbranched alkanes of at least 4 members (excludes halogenated alkanes) is 3. The number of aromatic nitrogens is 4. The number of amides is 4. The summed E-state index contributed by atoms with van der Waals surface area (Å²) in [6.45, 7) is 3.58. The van der Waals surface area contributed by atoms with Crippen molar-refractivity contribution in [2.24, 2.45) is 0 Å². The number of nitrogens with zero attached hydrogens (tertiary/aromatic N) is 5. The molecule has 1 unspecified atom stereocenters. The second-order valence-electron chi connectivity index (χ2n) is 10.7. The summed E-state index contributed by atoms with van der Waals surface area (Å²) in [5, 5.41) is 10.0. The van der Waals surface area contributed by atoms with E-state index in [-0.39, 0.29) is 24.0 Å². The Morgan fingerprint density at radius 1 is 0.976 bits per heavy atom. The van der Waals surface area contributed by atoms with E-state index in [1.165, 1.54) is 0 Å². The molecular formula is C31H31N7O4. The quantitative estimate of drug-likeness (QED) is 0.218. The van der Waals surface area contributed by atoms with Crippen LogP contribution in [0.5, 0.6) is 0 Å². The van der Waals surface area contributed by atoms with Gasteiger partial charge in [0.05, 0.1) is 40.2 Å². The highest BCUT2D eigenvalue weighted by molar-refractivity contribution is 6.23. The highest BCUT2D eigenvalue weighted by atomic mass is 16.2. The van der Waals surface area contributed by atoms with Crippen LogP contribution in [0.15, 0.2) is 55.0 Å². The second-order valence-corrected chi connectivity index (χ2v) is 10.7. The smallest absolute Gasteiger partial charge is 0.262 e. The fraction of sp³-hybridized carbons (Fsp3) is 0.323. The van der Waals surface area contributed by atoms with Gasteiger partial charge in [-0.3, -0.25) is 39.1 Å². The van der Waals surface area contributed by atoms with Crippen molar-refractivity contribution < 1.29 is 19.2 Å². The third kappa shape index (κ3) is 5.37. The first-order valence-corrected chi connectivity index (χ1v) is 14.2. The first kappa shape index (κ1) is 27.3. The van der Waals surface area contributed by atoms with Gasteiger partial charge < -0.3 is 5.32 Å². The molecule has 2 aromatic heterocycles. The summed E-state index contributed by atoms with van der Waals surface area (Å²) in [6.07, 6.45) is 9.89. The maximum atomic E-state index is 13.0. The summed E-state index contributed by atoms with van der Waals surface area (Å²) in [4.78, 5) is 59.9.